The molecule has 0 amide bonds. The van der Waals surface area contributed by atoms with Crippen LogP contribution in [0.1, 0.15) is 60.3 Å². The summed E-state index contributed by atoms with van der Waals surface area (Å²) < 4.78 is 1.45. The fraction of sp³-hybridized carbons (Fsp3) is 1.00. The normalized spacial score (nSPS) is 68.5. The molecule has 0 saturated heterocycles. The molecule has 0 aromatic rings. The molecule has 4 saturated carbocycles. The van der Waals surface area contributed by atoms with Crippen molar-refractivity contribution >= 4 is 45.2 Å². The van der Waals surface area contributed by atoms with E-state index in [9.17, 15) is 0 Å². The lowest BCUT2D eigenvalue weighted by Crippen LogP contribution is -2.60. The molecular formula is C18H28I2. The molecule has 9 unspecified atom stereocenters. The molecule has 4 aliphatic carbocycles. The fourth-order valence-corrected chi connectivity index (χ4v) is 9.57. The van der Waals surface area contributed by atoms with Crippen molar-refractivity contribution in [3.8, 4) is 0 Å². The Bertz CT molecular complexity index is 472. The summed E-state index contributed by atoms with van der Waals surface area (Å²) >= 11 is 5.62. The second-order valence-corrected chi connectivity index (χ2v) is 13.1. The molecule has 20 heavy (non-hydrogen) atoms. The highest BCUT2D eigenvalue weighted by Gasteiger charge is 2.84. The van der Waals surface area contributed by atoms with Crippen molar-refractivity contribution in [3.63, 3.8) is 0 Å². The van der Waals surface area contributed by atoms with Crippen LogP contribution in [0, 0.1) is 39.9 Å². The van der Waals surface area contributed by atoms with Crippen molar-refractivity contribution in [2.45, 2.75) is 67.6 Å². The summed E-state index contributed by atoms with van der Waals surface area (Å²) in [5.74, 6) is 4.02. The summed E-state index contributed by atoms with van der Waals surface area (Å²) in [6.45, 7) is 12.9. The van der Waals surface area contributed by atoms with Crippen LogP contribution in [0.5, 0.6) is 0 Å². The van der Waals surface area contributed by atoms with Crippen molar-refractivity contribution in [1.29, 1.82) is 0 Å². The maximum Gasteiger partial charge on any atom is 0.0316 e. The van der Waals surface area contributed by atoms with E-state index in [4.69, 9.17) is 0 Å². The van der Waals surface area contributed by atoms with Crippen LogP contribution in [0.25, 0.3) is 0 Å². The van der Waals surface area contributed by atoms with Crippen LogP contribution < -0.4 is 0 Å². The van der Waals surface area contributed by atoms with E-state index in [1.54, 1.807) is 0 Å². The van der Waals surface area contributed by atoms with Crippen molar-refractivity contribution in [3.05, 3.63) is 0 Å². The zero-order valence-electron chi connectivity index (χ0n) is 13.5. The van der Waals surface area contributed by atoms with Gasteiger partial charge in [-0.3, -0.25) is 0 Å². The monoisotopic (exact) mass is 498 g/mol. The average molecular weight is 498 g/mol. The molecule has 0 aromatic heterocycles. The van der Waals surface area contributed by atoms with E-state index in [1.807, 2.05) is 0 Å². The third kappa shape index (κ3) is 1.37. The van der Waals surface area contributed by atoms with Crippen LogP contribution in [0.4, 0.5) is 0 Å². The van der Waals surface area contributed by atoms with Crippen molar-refractivity contribution in [2.75, 3.05) is 0 Å². The summed E-state index contributed by atoms with van der Waals surface area (Å²) in [5.41, 5.74) is 1.91. The Hall–Kier alpha value is 1.46. The topological polar surface area (TPSA) is 0 Å². The maximum atomic E-state index is 2.90. The van der Waals surface area contributed by atoms with Gasteiger partial charge in [-0.1, -0.05) is 79.8 Å². The van der Waals surface area contributed by atoms with Crippen LogP contribution in [0.3, 0.4) is 0 Å². The molecule has 0 spiro atoms. The Balaban J connectivity index is 1.84. The summed E-state index contributed by atoms with van der Waals surface area (Å²) in [5, 5.41) is 0. The molecule has 0 N–H and O–H groups in total. The third-order valence-electron chi connectivity index (χ3n) is 8.75. The minimum atomic E-state index is 0.560. The van der Waals surface area contributed by atoms with Gasteiger partial charge in [0.05, 0.1) is 0 Å². The van der Waals surface area contributed by atoms with Gasteiger partial charge in [0.1, 0.15) is 0 Å². The number of fused-ring (bicyclic) bond motifs is 1. The first kappa shape index (κ1) is 15.0. The van der Waals surface area contributed by atoms with E-state index in [0.29, 0.717) is 19.7 Å². The molecule has 0 nitrogen and oxygen atoms in total. The highest BCUT2D eigenvalue weighted by molar-refractivity contribution is 14.1. The predicted octanol–water partition coefficient (Wildman–Crippen LogP) is 6.10. The Morgan fingerprint density at radius 2 is 1.75 bits per heavy atom. The molecule has 114 valence electrons. The van der Waals surface area contributed by atoms with Gasteiger partial charge in [-0.15, -0.1) is 0 Å². The molecule has 4 rings (SSSR count). The number of rotatable bonds is 1. The summed E-state index contributed by atoms with van der Waals surface area (Å²) in [4.78, 5) is 0. The van der Waals surface area contributed by atoms with Gasteiger partial charge < -0.3 is 0 Å². The van der Waals surface area contributed by atoms with Gasteiger partial charge in [-0.05, 0) is 65.6 Å². The number of halogens is 2. The van der Waals surface area contributed by atoms with Gasteiger partial charge in [0, 0.05) is 7.35 Å². The van der Waals surface area contributed by atoms with Crippen LogP contribution in [-0.2, 0) is 0 Å². The highest BCUT2D eigenvalue weighted by Crippen LogP contribution is 2.88. The Morgan fingerprint density at radius 3 is 2.35 bits per heavy atom. The number of alkyl halides is 2. The molecule has 0 aliphatic heterocycles. The second-order valence-electron chi connectivity index (χ2n) is 9.29. The zero-order chi connectivity index (χ0) is 14.7. The predicted molar refractivity (Wildman–Crippen MR) is 103 cm³/mol. The number of hydrogen-bond donors (Lipinski definition) is 0. The maximum absolute atomic E-state index is 2.90. The molecule has 4 fully saturated rings. The van der Waals surface area contributed by atoms with Crippen molar-refractivity contribution in [2.24, 2.45) is 39.9 Å². The van der Waals surface area contributed by atoms with E-state index in [-0.39, 0.29) is 0 Å². The largest absolute Gasteiger partial charge is 0.0823 e. The lowest BCUT2D eigenvalue weighted by Gasteiger charge is -2.65. The molecule has 0 radical (unpaired) electrons. The molecule has 0 aromatic carbocycles. The van der Waals surface area contributed by atoms with E-state index >= 15 is 0 Å². The molecule has 2 heteroatoms. The molecule has 9 atom stereocenters. The van der Waals surface area contributed by atoms with Crippen LogP contribution in [-0.4, -0.2) is 7.35 Å². The summed E-state index contributed by atoms with van der Waals surface area (Å²) in [7, 11) is 0. The first-order chi connectivity index (χ1) is 9.12. The number of hydrogen-bond acceptors (Lipinski definition) is 0. The molecular weight excluding hydrogens is 470 g/mol. The quantitative estimate of drug-likeness (QED) is 0.303. The van der Waals surface area contributed by atoms with Crippen molar-refractivity contribution in [1.82, 2.24) is 0 Å². The molecule has 4 aliphatic rings. The van der Waals surface area contributed by atoms with Gasteiger partial charge in [0.2, 0.25) is 0 Å². The highest BCUT2D eigenvalue weighted by atomic mass is 127. The summed E-state index contributed by atoms with van der Waals surface area (Å²) in [6, 6.07) is 0. The smallest absolute Gasteiger partial charge is 0.0316 e. The fourth-order valence-electron chi connectivity index (χ4n) is 7.42. The molecule has 0 heterocycles. The SMILES string of the molecule is CC1C(C)C23CCC4(I)C(C12)C4(C)CC(C)(C(C)I)C3. The summed E-state index contributed by atoms with van der Waals surface area (Å²) in [6.07, 6.45) is 6.03. The second kappa shape index (κ2) is 3.92. The van der Waals surface area contributed by atoms with Gasteiger partial charge in [0.15, 0.2) is 0 Å². The zero-order valence-corrected chi connectivity index (χ0v) is 17.8. The third-order valence-corrected chi connectivity index (χ3v) is 12.7. The van der Waals surface area contributed by atoms with E-state index in [1.165, 1.54) is 25.7 Å². The Morgan fingerprint density at radius 1 is 1.10 bits per heavy atom. The van der Waals surface area contributed by atoms with E-state index < -0.39 is 0 Å². The van der Waals surface area contributed by atoms with Gasteiger partial charge in [-0.2, -0.15) is 0 Å². The molecule has 2 bridgehead atoms. The van der Waals surface area contributed by atoms with Gasteiger partial charge in [0.25, 0.3) is 0 Å². The standard InChI is InChI=1S/C18H28I2/c1-10-11(2)17-6-7-18(20)14(13(10)17)16(18,5)8-15(4,9-17)12(3)19/h10-14H,6-9H2,1-5H3. The minimum absolute atomic E-state index is 0.560. The van der Waals surface area contributed by atoms with E-state index in [0.717, 1.165) is 27.6 Å². The Labute approximate surface area is 151 Å². The lowest BCUT2D eigenvalue weighted by atomic mass is 9.40. The minimum Gasteiger partial charge on any atom is -0.0823 e. The van der Waals surface area contributed by atoms with Crippen LogP contribution in [0.2, 0.25) is 0 Å². The average Bonchev–Trinajstić information content (AvgIpc) is 2.85. The first-order valence-electron chi connectivity index (χ1n) is 8.45. The van der Waals surface area contributed by atoms with Crippen molar-refractivity contribution < 1.29 is 0 Å². The van der Waals surface area contributed by atoms with Gasteiger partial charge >= 0.3 is 0 Å². The van der Waals surface area contributed by atoms with Crippen LogP contribution in [0.15, 0.2) is 0 Å². The van der Waals surface area contributed by atoms with Gasteiger partial charge in [-0.25, -0.2) is 0 Å². The van der Waals surface area contributed by atoms with E-state index in [2.05, 4.69) is 79.8 Å². The first-order valence-corrected chi connectivity index (χ1v) is 10.8. The Kier molecular flexibility index (Phi) is 2.94. The van der Waals surface area contributed by atoms with Crippen LogP contribution >= 0.6 is 45.2 Å². The lowest BCUT2D eigenvalue weighted by molar-refractivity contribution is -0.156.